The summed E-state index contributed by atoms with van der Waals surface area (Å²) in [6.07, 6.45) is 13.1. The zero-order chi connectivity index (χ0) is 73.8. The summed E-state index contributed by atoms with van der Waals surface area (Å²) in [5.74, 6) is -10.7. The molecule has 1 saturated carbocycles. The first-order chi connectivity index (χ1) is 48.9. The fourth-order valence-corrected chi connectivity index (χ4v) is 14.6. The van der Waals surface area contributed by atoms with Gasteiger partial charge in [0.25, 0.3) is 23.5 Å². The number of carbonyl (C=O) groups is 9. The number of piperidine rings is 2. The van der Waals surface area contributed by atoms with Gasteiger partial charge in [-0.3, -0.25) is 48.6 Å². The Bertz CT molecular complexity index is 3370. The van der Waals surface area contributed by atoms with Gasteiger partial charge in [0.2, 0.25) is 17.6 Å². The number of amides is 5. The average Bonchev–Trinajstić information content (AvgIpc) is 1.46. The monoisotopic (exact) mass is 1430 g/mol. The number of imide groups is 2. The zero-order valence-corrected chi connectivity index (χ0v) is 60.9. The van der Waals surface area contributed by atoms with Gasteiger partial charge in [-0.1, -0.05) is 82.4 Å². The van der Waals surface area contributed by atoms with E-state index in [1.54, 1.807) is 64.1 Å². The number of nitrogens with one attached hydrogen (secondary N) is 2. The number of rotatable bonds is 23. The Morgan fingerprint density at radius 1 is 0.775 bits per heavy atom. The maximum atomic E-state index is 14.7. The molecule has 2 aromatic rings. The third kappa shape index (κ3) is 21.1. The molecular formula is C75H107N7O20. The van der Waals surface area contributed by atoms with E-state index in [0.29, 0.717) is 108 Å². The lowest BCUT2D eigenvalue weighted by atomic mass is 9.78. The molecule has 1 aromatic carbocycles. The van der Waals surface area contributed by atoms with Gasteiger partial charge in [0.1, 0.15) is 41.9 Å². The number of ether oxygens (including phenoxy) is 9. The molecule has 5 aliphatic heterocycles. The molecule has 4 fully saturated rings. The number of esters is 1. The van der Waals surface area contributed by atoms with E-state index in [1.165, 1.54) is 18.1 Å². The number of benzene rings is 1. The number of anilines is 1. The van der Waals surface area contributed by atoms with Gasteiger partial charge in [0.15, 0.2) is 5.78 Å². The Hall–Kier alpha value is -7.05. The maximum Gasteiger partial charge on any atom is 0.329 e. The van der Waals surface area contributed by atoms with Crippen molar-refractivity contribution in [2.75, 3.05) is 79.4 Å². The molecule has 1 aliphatic carbocycles. The van der Waals surface area contributed by atoms with Crippen LogP contribution in [0.15, 0.2) is 72.0 Å². The first kappa shape index (κ1) is 80.6. The largest absolute Gasteiger partial charge is 0.460 e. The molecule has 3 saturated heterocycles. The number of ketones is 3. The van der Waals surface area contributed by atoms with Crippen LogP contribution in [-0.4, -0.2) is 223 Å². The number of nitrogens with zero attached hydrogens (tertiary/aromatic N) is 5. The van der Waals surface area contributed by atoms with Crippen LogP contribution in [-0.2, 0) is 89.3 Å². The summed E-state index contributed by atoms with van der Waals surface area (Å²) in [4.78, 5) is 125. The predicted octanol–water partition coefficient (Wildman–Crippen LogP) is 6.56. The van der Waals surface area contributed by atoms with E-state index in [1.807, 2.05) is 58.1 Å². The van der Waals surface area contributed by atoms with Crippen molar-refractivity contribution in [3.05, 3.63) is 88.8 Å². The summed E-state index contributed by atoms with van der Waals surface area (Å²) in [7, 11) is 4.58. The molecule has 27 heteroatoms. The minimum atomic E-state index is -2.47. The second-order valence-electron chi connectivity index (χ2n) is 28.3. The molecular weight excluding hydrogens is 1320 g/mol. The molecule has 0 radical (unpaired) electrons. The second kappa shape index (κ2) is 38.6. The lowest BCUT2D eigenvalue weighted by Crippen LogP contribution is -2.61. The van der Waals surface area contributed by atoms with Crippen LogP contribution >= 0.6 is 0 Å². The van der Waals surface area contributed by atoms with Gasteiger partial charge in [0, 0.05) is 77.1 Å². The minimum absolute atomic E-state index is 0.0115. The Morgan fingerprint density at radius 3 is 2.28 bits per heavy atom. The first-order valence-corrected chi connectivity index (χ1v) is 36.2. The van der Waals surface area contributed by atoms with E-state index in [-0.39, 0.29) is 105 Å². The fourth-order valence-electron chi connectivity index (χ4n) is 14.6. The van der Waals surface area contributed by atoms with Crippen LogP contribution < -0.4 is 10.6 Å². The van der Waals surface area contributed by atoms with Crippen LogP contribution in [0, 0.1) is 35.5 Å². The lowest BCUT2D eigenvalue weighted by molar-refractivity contribution is -0.265. The quantitative estimate of drug-likeness (QED) is 0.0301. The van der Waals surface area contributed by atoms with Gasteiger partial charge in [-0.15, -0.1) is 5.10 Å². The summed E-state index contributed by atoms with van der Waals surface area (Å²) in [6, 6.07) is 2.62. The van der Waals surface area contributed by atoms with Crippen molar-refractivity contribution in [2.24, 2.45) is 35.5 Å². The van der Waals surface area contributed by atoms with Crippen molar-refractivity contribution in [3.63, 3.8) is 0 Å². The number of hydrogen-bond acceptors (Lipinski definition) is 23. The van der Waals surface area contributed by atoms with Gasteiger partial charge in [-0.05, 0) is 126 Å². The molecule has 5 amide bonds. The molecule has 0 spiro atoms. The smallest absolute Gasteiger partial charge is 0.329 e. The van der Waals surface area contributed by atoms with Crippen molar-refractivity contribution >= 4 is 58.5 Å². The summed E-state index contributed by atoms with van der Waals surface area (Å²) < 4.78 is 55.5. The summed E-state index contributed by atoms with van der Waals surface area (Å²) in [5, 5.41) is 37.5. The number of aliphatic hydroxyl groups is 2. The van der Waals surface area contributed by atoms with Gasteiger partial charge in [-0.2, -0.15) is 0 Å². The van der Waals surface area contributed by atoms with Crippen LogP contribution in [0.2, 0.25) is 0 Å². The number of methoxy groups -OCH3 is 3. The highest BCUT2D eigenvalue weighted by molar-refractivity contribution is 6.39. The van der Waals surface area contributed by atoms with Crippen LogP contribution in [0.3, 0.4) is 0 Å². The van der Waals surface area contributed by atoms with E-state index in [2.05, 4.69) is 20.9 Å². The van der Waals surface area contributed by atoms with Crippen LogP contribution in [0.4, 0.5) is 5.69 Å². The number of cyclic esters (lactones) is 1. The van der Waals surface area contributed by atoms with Crippen LogP contribution in [0.25, 0.3) is 0 Å². The maximum absolute atomic E-state index is 14.7. The fraction of sp³-hybridized carbons (Fsp3) is 0.667. The predicted molar refractivity (Wildman–Crippen MR) is 372 cm³/mol. The number of carbonyl (C=O) groups excluding carboxylic acids is 9. The molecule has 16 unspecified atom stereocenters. The minimum Gasteiger partial charge on any atom is -0.460 e. The summed E-state index contributed by atoms with van der Waals surface area (Å²) in [5.41, 5.74) is 2.65. The highest BCUT2D eigenvalue weighted by atomic mass is 16.6. The van der Waals surface area contributed by atoms with Crippen LogP contribution in [0.1, 0.15) is 165 Å². The Morgan fingerprint density at radius 2 is 1.54 bits per heavy atom. The number of allylic oxidation sites excluding steroid dienone is 6. The molecule has 6 heterocycles. The molecule has 27 nitrogen and oxygen atoms in total. The SMILES string of the molecule is COC1CC2CCC(C)C(O)(O2)C(=O)C(=O)N2CCCCC2C(=O)OC(C(C)CC2CCC(OCCOCc3cn(CCOCCOCCNc4cccc5c4C(=O)N(C4CCC(=O)NC4=O)C5=O)nn3)C(OC)C2)CC(=O)C(C)C=C(C)C(O)C(OC)C(=O)C(C)CC(C)C=CC=CC=C1C. The van der Waals surface area contributed by atoms with Gasteiger partial charge < -0.3 is 63.1 Å². The Labute approximate surface area is 598 Å². The van der Waals surface area contributed by atoms with E-state index >= 15 is 0 Å². The van der Waals surface area contributed by atoms with E-state index in [0.717, 1.165) is 16.9 Å². The van der Waals surface area contributed by atoms with Gasteiger partial charge >= 0.3 is 5.97 Å². The highest BCUT2D eigenvalue weighted by Gasteiger charge is 2.53. The summed E-state index contributed by atoms with van der Waals surface area (Å²) >= 11 is 0. The molecule has 8 rings (SSSR count). The number of aliphatic hydroxyl groups excluding tert-OH is 1. The summed E-state index contributed by atoms with van der Waals surface area (Å²) in [6.45, 7) is 15.5. The van der Waals surface area contributed by atoms with Crippen LogP contribution in [0.5, 0.6) is 0 Å². The second-order valence-corrected chi connectivity index (χ2v) is 28.3. The third-order valence-electron chi connectivity index (χ3n) is 20.7. The zero-order valence-electron chi connectivity index (χ0n) is 60.9. The third-order valence-corrected chi connectivity index (χ3v) is 20.7. The first-order valence-electron chi connectivity index (χ1n) is 36.2. The molecule has 16 atom stereocenters. The van der Waals surface area contributed by atoms with E-state index < -0.39 is 113 Å². The number of fused-ring (bicyclic) bond motifs is 4. The molecule has 562 valence electrons. The molecule has 102 heavy (non-hydrogen) atoms. The van der Waals surface area contributed by atoms with Gasteiger partial charge in [-0.25, -0.2) is 9.48 Å². The van der Waals surface area contributed by atoms with E-state index in [4.69, 9.17) is 42.6 Å². The van der Waals surface area contributed by atoms with Crippen molar-refractivity contribution in [2.45, 2.75) is 212 Å². The highest BCUT2D eigenvalue weighted by Crippen LogP contribution is 2.39. The molecule has 2 bridgehead atoms. The van der Waals surface area contributed by atoms with Crippen molar-refractivity contribution < 1.29 is 96.0 Å². The normalized spacial score (nSPS) is 30.6. The number of hydrogen-bond donors (Lipinski definition) is 4. The topological polar surface area (TPSA) is 338 Å². The average molecular weight is 1430 g/mol. The lowest BCUT2D eigenvalue weighted by Gasteiger charge is -2.42. The molecule has 4 N–H and O–H groups in total. The van der Waals surface area contributed by atoms with Crippen molar-refractivity contribution in [1.82, 2.24) is 30.1 Å². The standard InChI is InChI=1S/C75H107N7O20/c1-45-17-12-11-13-18-46(2)61(94-8)41-54-24-22-51(7)75(93,102-54)69(87)73(91)81-29-15-14-21-58(81)74(92)101-62(42-59(83)47(3)38-50(6)67(86)68(96-10)66(85)49(5)37-45)48(4)39-52-23-26-60(63(40-52)95-9)100-36-35-99-44-53-43-80(79-78-53)30-32-98-34-33-97-31-28-76-56-20-16-19-55-65(56)72(90)82(71(55)89)57-25-27-64(84)77-70(57)88/h11-13,16-20,38,43,45,47-49,51-52,54,57-58,60-63,67-68,76,86,93H,14-15,21-37,39-42,44H2,1-10H3,(H,77,84,88). The Kier molecular flexibility index (Phi) is 30.5. The van der Waals surface area contributed by atoms with Crippen molar-refractivity contribution in [3.8, 4) is 0 Å². The molecule has 1 aromatic heterocycles. The van der Waals surface area contributed by atoms with E-state index in [9.17, 15) is 53.4 Å². The Balaban J connectivity index is 0.818. The number of aromatic nitrogens is 3. The number of Topliss-reactive ketones (excluding diaryl/α,β-unsaturated/α-hetero) is 3. The van der Waals surface area contributed by atoms with Gasteiger partial charge in [0.05, 0.1) is 94.5 Å². The molecule has 6 aliphatic rings. The van der Waals surface area contributed by atoms with Crippen molar-refractivity contribution in [1.29, 1.82) is 0 Å².